The van der Waals surface area contributed by atoms with Gasteiger partial charge in [0, 0.05) is 24.4 Å². The lowest BCUT2D eigenvalue weighted by molar-refractivity contribution is 0.265. The molecule has 0 aliphatic heterocycles. The number of hydrogen-bond acceptors (Lipinski definition) is 2. The lowest BCUT2D eigenvalue weighted by atomic mass is 9.95. The van der Waals surface area contributed by atoms with E-state index >= 15 is 0 Å². The number of aliphatic hydroxyl groups is 1. The summed E-state index contributed by atoms with van der Waals surface area (Å²) in [4.78, 5) is 4.71. The van der Waals surface area contributed by atoms with E-state index in [1.165, 1.54) is 6.07 Å². The summed E-state index contributed by atoms with van der Waals surface area (Å²) in [5.74, 6) is 0.554. The van der Waals surface area contributed by atoms with Gasteiger partial charge in [-0.2, -0.15) is 0 Å². The average Bonchev–Trinajstić information content (AvgIpc) is 3.48. The van der Waals surface area contributed by atoms with Crippen molar-refractivity contribution in [3.63, 3.8) is 0 Å². The minimum Gasteiger partial charge on any atom is -0.396 e. The maximum atomic E-state index is 14.2. The minimum absolute atomic E-state index is 0. The normalized spacial score (nSPS) is 16.0. The number of guanidine groups is 1. The quantitative estimate of drug-likeness (QED) is 0.296. The first kappa shape index (κ1) is 22.6. The molecule has 0 spiro atoms. The predicted octanol–water partition coefficient (Wildman–Crippen LogP) is 3.81. The van der Waals surface area contributed by atoms with Gasteiger partial charge in [-0.15, -0.1) is 24.0 Å². The van der Waals surface area contributed by atoms with Crippen molar-refractivity contribution in [2.45, 2.75) is 31.1 Å². The molecule has 1 atom stereocenters. The van der Waals surface area contributed by atoms with Crippen LogP contribution in [0.2, 0.25) is 0 Å². The SMILES string of the molecule is CCNC(=NCC1(c2ccccc2F)CC1)NCC(CO)c1ccccc1.I. The van der Waals surface area contributed by atoms with Crippen LogP contribution in [0.1, 0.15) is 36.8 Å². The van der Waals surface area contributed by atoms with E-state index in [0.29, 0.717) is 19.0 Å². The van der Waals surface area contributed by atoms with Gasteiger partial charge in [0.1, 0.15) is 5.82 Å². The summed E-state index contributed by atoms with van der Waals surface area (Å²) >= 11 is 0. The van der Waals surface area contributed by atoms with E-state index in [1.54, 1.807) is 6.07 Å². The van der Waals surface area contributed by atoms with Crippen LogP contribution in [0.3, 0.4) is 0 Å². The molecule has 4 nitrogen and oxygen atoms in total. The fourth-order valence-electron chi connectivity index (χ4n) is 3.36. The fraction of sp³-hybridized carbons (Fsp3) is 0.409. The molecule has 0 heterocycles. The van der Waals surface area contributed by atoms with Crippen molar-refractivity contribution in [1.82, 2.24) is 10.6 Å². The molecule has 3 rings (SSSR count). The third-order valence-corrected chi connectivity index (χ3v) is 5.19. The van der Waals surface area contributed by atoms with Gasteiger partial charge in [0.15, 0.2) is 5.96 Å². The molecule has 1 aliphatic rings. The number of nitrogens with zero attached hydrogens (tertiary/aromatic N) is 1. The lowest BCUT2D eigenvalue weighted by Gasteiger charge is -2.19. The largest absolute Gasteiger partial charge is 0.396 e. The predicted molar refractivity (Wildman–Crippen MR) is 123 cm³/mol. The van der Waals surface area contributed by atoms with Crippen molar-refractivity contribution in [3.05, 3.63) is 71.5 Å². The van der Waals surface area contributed by atoms with Crippen molar-refractivity contribution in [3.8, 4) is 0 Å². The smallest absolute Gasteiger partial charge is 0.191 e. The zero-order chi connectivity index (χ0) is 19.1. The van der Waals surface area contributed by atoms with Crippen molar-refractivity contribution in [2.24, 2.45) is 4.99 Å². The number of hydrogen-bond donors (Lipinski definition) is 3. The number of aliphatic imine (C=N–C) groups is 1. The molecule has 3 N–H and O–H groups in total. The van der Waals surface area contributed by atoms with Crippen molar-refractivity contribution in [2.75, 3.05) is 26.2 Å². The van der Waals surface area contributed by atoms with Crippen LogP contribution < -0.4 is 10.6 Å². The molecule has 2 aromatic rings. The Morgan fingerprint density at radius 1 is 1.11 bits per heavy atom. The average molecular weight is 497 g/mol. The monoisotopic (exact) mass is 497 g/mol. The highest BCUT2D eigenvalue weighted by molar-refractivity contribution is 14.0. The van der Waals surface area contributed by atoms with Gasteiger partial charge in [-0.1, -0.05) is 48.5 Å². The molecule has 2 aromatic carbocycles. The molecule has 0 aromatic heterocycles. The molecule has 6 heteroatoms. The number of aliphatic hydroxyl groups excluding tert-OH is 1. The van der Waals surface area contributed by atoms with Gasteiger partial charge in [0.05, 0.1) is 13.2 Å². The topological polar surface area (TPSA) is 56.7 Å². The molecular formula is C22H29FIN3O. The highest BCUT2D eigenvalue weighted by Gasteiger charge is 2.45. The van der Waals surface area contributed by atoms with E-state index in [-0.39, 0.29) is 47.7 Å². The fourth-order valence-corrected chi connectivity index (χ4v) is 3.36. The Hall–Kier alpha value is -1.67. The van der Waals surface area contributed by atoms with Crippen LogP contribution >= 0.6 is 24.0 Å². The Morgan fingerprint density at radius 2 is 1.79 bits per heavy atom. The van der Waals surface area contributed by atoms with Crippen LogP contribution in [0.15, 0.2) is 59.6 Å². The van der Waals surface area contributed by atoms with Gasteiger partial charge in [-0.25, -0.2) is 4.39 Å². The molecule has 0 amide bonds. The summed E-state index contributed by atoms with van der Waals surface area (Å²) in [6, 6.07) is 17.0. The van der Waals surface area contributed by atoms with E-state index in [9.17, 15) is 9.50 Å². The zero-order valence-electron chi connectivity index (χ0n) is 16.2. The van der Waals surface area contributed by atoms with E-state index in [2.05, 4.69) is 10.6 Å². The first-order valence-corrected chi connectivity index (χ1v) is 9.61. The highest BCUT2D eigenvalue weighted by Crippen LogP contribution is 2.49. The van der Waals surface area contributed by atoms with Crippen LogP contribution in [0, 0.1) is 5.82 Å². The Labute approximate surface area is 183 Å². The van der Waals surface area contributed by atoms with E-state index in [4.69, 9.17) is 4.99 Å². The number of nitrogens with one attached hydrogen (secondary N) is 2. The van der Waals surface area contributed by atoms with E-state index in [1.807, 2.05) is 49.4 Å². The summed E-state index contributed by atoms with van der Waals surface area (Å²) in [5.41, 5.74) is 1.68. The highest BCUT2D eigenvalue weighted by atomic mass is 127. The molecule has 1 unspecified atom stereocenters. The van der Waals surface area contributed by atoms with Crippen LogP contribution in [-0.4, -0.2) is 37.3 Å². The van der Waals surface area contributed by atoms with Crippen molar-refractivity contribution in [1.29, 1.82) is 0 Å². The van der Waals surface area contributed by atoms with Crippen LogP contribution in [-0.2, 0) is 5.41 Å². The second kappa shape index (κ2) is 10.8. The lowest BCUT2D eigenvalue weighted by Crippen LogP contribution is -2.40. The first-order chi connectivity index (χ1) is 13.2. The van der Waals surface area contributed by atoms with Crippen molar-refractivity contribution >= 4 is 29.9 Å². The van der Waals surface area contributed by atoms with Crippen molar-refractivity contribution < 1.29 is 9.50 Å². The summed E-state index contributed by atoms with van der Waals surface area (Å²) in [7, 11) is 0. The van der Waals surface area contributed by atoms with Gasteiger partial charge in [0.25, 0.3) is 0 Å². The van der Waals surface area contributed by atoms with E-state index < -0.39 is 0 Å². The zero-order valence-corrected chi connectivity index (χ0v) is 18.5. The summed E-state index contributed by atoms with van der Waals surface area (Å²) in [6.07, 6.45) is 1.92. The number of benzene rings is 2. The second-order valence-corrected chi connectivity index (χ2v) is 7.13. The molecule has 0 radical (unpaired) electrons. The first-order valence-electron chi connectivity index (χ1n) is 9.61. The second-order valence-electron chi connectivity index (χ2n) is 7.13. The molecule has 0 bridgehead atoms. The minimum atomic E-state index is -0.177. The maximum Gasteiger partial charge on any atom is 0.191 e. The molecule has 1 aliphatic carbocycles. The Morgan fingerprint density at radius 3 is 2.39 bits per heavy atom. The maximum absolute atomic E-state index is 14.2. The van der Waals surface area contributed by atoms with Gasteiger partial charge in [-0.3, -0.25) is 4.99 Å². The molecule has 0 saturated heterocycles. The van der Waals surface area contributed by atoms with Gasteiger partial charge < -0.3 is 15.7 Å². The van der Waals surface area contributed by atoms with Crippen LogP contribution in [0.5, 0.6) is 0 Å². The molecule has 1 fully saturated rings. The Bertz CT molecular complexity index is 765. The third kappa shape index (κ3) is 5.67. The number of rotatable bonds is 8. The molecule has 1 saturated carbocycles. The van der Waals surface area contributed by atoms with Crippen LogP contribution in [0.25, 0.3) is 0 Å². The third-order valence-electron chi connectivity index (χ3n) is 5.19. The van der Waals surface area contributed by atoms with E-state index in [0.717, 1.165) is 30.5 Å². The summed E-state index contributed by atoms with van der Waals surface area (Å²) in [5, 5.41) is 16.3. The van der Waals surface area contributed by atoms with Gasteiger partial charge in [0.2, 0.25) is 0 Å². The summed E-state index contributed by atoms with van der Waals surface area (Å²) in [6.45, 7) is 3.96. The number of halogens is 2. The van der Waals surface area contributed by atoms with Crippen LogP contribution in [0.4, 0.5) is 4.39 Å². The molecule has 28 heavy (non-hydrogen) atoms. The molecule has 152 valence electrons. The standard InChI is InChI=1S/C22H28FN3O.HI/c1-2-24-21(25-14-18(15-27)17-8-4-3-5-9-17)26-16-22(12-13-22)19-10-6-7-11-20(19)23;/h3-11,18,27H,2,12-16H2,1H3,(H2,24,25,26);1H. The Kier molecular flexibility index (Phi) is 8.69. The molecular weight excluding hydrogens is 468 g/mol. The van der Waals surface area contributed by atoms with Gasteiger partial charge >= 0.3 is 0 Å². The van der Waals surface area contributed by atoms with Gasteiger partial charge in [-0.05, 0) is 37.0 Å². The Balaban J connectivity index is 0.00000280. The summed E-state index contributed by atoms with van der Waals surface area (Å²) < 4.78 is 14.2.